The number of hydrogen-bond donors (Lipinski definition) is 0. The van der Waals surface area contributed by atoms with Crippen molar-refractivity contribution in [1.82, 2.24) is 4.90 Å². The maximum Gasteiger partial charge on any atom is 0.223 e. The first-order chi connectivity index (χ1) is 7.58. The molecule has 4 heteroatoms. The molecule has 16 heavy (non-hydrogen) atoms. The summed E-state index contributed by atoms with van der Waals surface area (Å²) in [6.07, 6.45) is 3.96. The number of carbonyl (C=O) groups is 1. The number of methoxy groups -OCH3 is 1. The summed E-state index contributed by atoms with van der Waals surface area (Å²) in [7, 11) is 1.74. The van der Waals surface area contributed by atoms with E-state index in [0.717, 1.165) is 19.5 Å². The lowest BCUT2D eigenvalue weighted by Gasteiger charge is -2.36. The minimum absolute atomic E-state index is 0.210. The van der Waals surface area contributed by atoms with E-state index in [9.17, 15) is 4.79 Å². The standard InChI is InChI=1S/C12H23NO2S/c1-9-5-6-13(8-11(9)15-3)12(14)7-10(2)16-4/h9-11H,5-8H2,1-4H3. The molecular formula is C12H23NO2S. The maximum atomic E-state index is 12.0. The van der Waals surface area contributed by atoms with E-state index >= 15 is 0 Å². The molecule has 3 unspecified atom stereocenters. The van der Waals surface area contributed by atoms with Crippen molar-refractivity contribution < 1.29 is 9.53 Å². The first-order valence-corrected chi connectivity index (χ1v) is 7.20. The minimum atomic E-state index is 0.210. The summed E-state index contributed by atoms with van der Waals surface area (Å²) in [5.41, 5.74) is 0. The Morgan fingerprint density at radius 1 is 1.62 bits per heavy atom. The number of likely N-dealkylation sites (tertiary alicyclic amines) is 1. The van der Waals surface area contributed by atoms with Crippen LogP contribution >= 0.6 is 11.8 Å². The van der Waals surface area contributed by atoms with E-state index in [1.165, 1.54) is 0 Å². The Morgan fingerprint density at radius 3 is 2.88 bits per heavy atom. The Balaban J connectivity index is 2.45. The van der Waals surface area contributed by atoms with Crippen molar-refractivity contribution in [3.8, 4) is 0 Å². The fourth-order valence-corrected chi connectivity index (χ4v) is 2.33. The minimum Gasteiger partial charge on any atom is -0.379 e. The molecule has 0 bridgehead atoms. The molecule has 1 heterocycles. The van der Waals surface area contributed by atoms with E-state index in [1.807, 2.05) is 11.2 Å². The molecule has 0 aliphatic carbocycles. The van der Waals surface area contributed by atoms with Crippen molar-refractivity contribution in [3.63, 3.8) is 0 Å². The predicted molar refractivity (Wildman–Crippen MR) is 68.8 cm³/mol. The highest BCUT2D eigenvalue weighted by molar-refractivity contribution is 7.99. The van der Waals surface area contributed by atoms with Crippen LogP contribution in [0.4, 0.5) is 0 Å². The van der Waals surface area contributed by atoms with Gasteiger partial charge in [0.05, 0.1) is 6.10 Å². The molecule has 0 aromatic carbocycles. The maximum absolute atomic E-state index is 12.0. The van der Waals surface area contributed by atoms with E-state index in [2.05, 4.69) is 13.8 Å². The number of rotatable bonds is 4. The van der Waals surface area contributed by atoms with Gasteiger partial charge in [0.2, 0.25) is 5.91 Å². The summed E-state index contributed by atoms with van der Waals surface area (Å²) < 4.78 is 5.42. The molecule has 0 saturated carbocycles. The first-order valence-electron chi connectivity index (χ1n) is 5.91. The van der Waals surface area contributed by atoms with Crippen LogP contribution in [0.2, 0.25) is 0 Å². The lowest BCUT2D eigenvalue weighted by atomic mass is 9.95. The predicted octanol–water partition coefficient (Wildman–Crippen LogP) is 2.01. The third-order valence-electron chi connectivity index (χ3n) is 3.41. The van der Waals surface area contributed by atoms with Crippen molar-refractivity contribution in [2.75, 3.05) is 26.5 Å². The largest absolute Gasteiger partial charge is 0.379 e. The van der Waals surface area contributed by atoms with Crippen molar-refractivity contribution in [3.05, 3.63) is 0 Å². The highest BCUT2D eigenvalue weighted by atomic mass is 32.2. The van der Waals surface area contributed by atoms with Crippen LogP contribution in [0.5, 0.6) is 0 Å². The highest BCUT2D eigenvalue weighted by Gasteiger charge is 2.28. The van der Waals surface area contributed by atoms with Crippen molar-refractivity contribution >= 4 is 17.7 Å². The number of hydrogen-bond acceptors (Lipinski definition) is 3. The summed E-state index contributed by atoms with van der Waals surface area (Å²) in [6, 6.07) is 0. The molecule has 0 aromatic heterocycles. The van der Waals surface area contributed by atoms with Crippen LogP contribution in [-0.2, 0) is 9.53 Å². The lowest BCUT2D eigenvalue weighted by molar-refractivity contribution is -0.136. The van der Waals surface area contributed by atoms with E-state index < -0.39 is 0 Å². The van der Waals surface area contributed by atoms with E-state index in [1.54, 1.807) is 18.9 Å². The lowest BCUT2D eigenvalue weighted by Crippen LogP contribution is -2.47. The molecule has 1 rings (SSSR count). The molecule has 94 valence electrons. The molecule has 3 atom stereocenters. The smallest absolute Gasteiger partial charge is 0.223 e. The van der Waals surface area contributed by atoms with E-state index in [4.69, 9.17) is 4.74 Å². The van der Waals surface area contributed by atoms with E-state index in [-0.39, 0.29) is 12.0 Å². The Kier molecular flexibility index (Phi) is 5.62. The number of piperidine rings is 1. The molecule has 0 radical (unpaired) electrons. The Morgan fingerprint density at radius 2 is 2.31 bits per heavy atom. The van der Waals surface area contributed by atoms with Gasteiger partial charge < -0.3 is 9.64 Å². The zero-order chi connectivity index (χ0) is 12.1. The first kappa shape index (κ1) is 13.8. The second kappa shape index (κ2) is 6.50. The van der Waals surface area contributed by atoms with Gasteiger partial charge in [-0.1, -0.05) is 13.8 Å². The van der Waals surface area contributed by atoms with Crippen LogP contribution in [0.1, 0.15) is 26.7 Å². The molecule has 0 aromatic rings. The topological polar surface area (TPSA) is 29.5 Å². The van der Waals surface area contributed by atoms with Gasteiger partial charge in [0, 0.05) is 31.9 Å². The second-order valence-corrected chi connectivity index (χ2v) is 5.91. The van der Waals surface area contributed by atoms with Crippen LogP contribution in [0, 0.1) is 5.92 Å². The molecule has 0 N–H and O–H groups in total. The van der Waals surface area contributed by atoms with Crippen LogP contribution in [0.15, 0.2) is 0 Å². The molecular weight excluding hydrogens is 222 g/mol. The third-order valence-corrected chi connectivity index (χ3v) is 4.38. The summed E-state index contributed by atoms with van der Waals surface area (Å²) in [5.74, 6) is 0.836. The van der Waals surface area contributed by atoms with Gasteiger partial charge >= 0.3 is 0 Å². The van der Waals surface area contributed by atoms with Crippen molar-refractivity contribution in [2.24, 2.45) is 5.92 Å². The average Bonchev–Trinajstić information content (AvgIpc) is 2.29. The SMILES string of the molecule is COC1CN(C(=O)CC(C)SC)CCC1C. The normalized spacial score (nSPS) is 27.9. The van der Waals surface area contributed by atoms with Gasteiger partial charge in [0.15, 0.2) is 0 Å². The van der Waals surface area contributed by atoms with Crippen LogP contribution in [-0.4, -0.2) is 48.6 Å². The average molecular weight is 245 g/mol. The molecule has 0 spiro atoms. The summed E-state index contributed by atoms with van der Waals surface area (Å²) in [5, 5.41) is 0.410. The summed E-state index contributed by atoms with van der Waals surface area (Å²) in [4.78, 5) is 14.0. The molecule has 3 nitrogen and oxygen atoms in total. The summed E-state index contributed by atoms with van der Waals surface area (Å²) >= 11 is 1.75. The molecule has 1 fully saturated rings. The van der Waals surface area contributed by atoms with Crippen LogP contribution in [0.25, 0.3) is 0 Å². The van der Waals surface area contributed by atoms with Crippen LogP contribution < -0.4 is 0 Å². The molecule has 1 saturated heterocycles. The second-order valence-electron chi connectivity index (χ2n) is 4.63. The van der Waals surface area contributed by atoms with Crippen molar-refractivity contribution in [2.45, 2.75) is 38.0 Å². The Hall–Kier alpha value is -0.220. The fraction of sp³-hybridized carbons (Fsp3) is 0.917. The van der Waals surface area contributed by atoms with Gasteiger partial charge in [-0.25, -0.2) is 0 Å². The number of ether oxygens (including phenoxy) is 1. The number of nitrogens with zero attached hydrogens (tertiary/aromatic N) is 1. The quantitative estimate of drug-likeness (QED) is 0.759. The number of thioether (sulfide) groups is 1. The monoisotopic (exact) mass is 245 g/mol. The zero-order valence-corrected chi connectivity index (χ0v) is 11.5. The van der Waals surface area contributed by atoms with Gasteiger partial charge in [0.25, 0.3) is 0 Å². The molecule has 1 aliphatic heterocycles. The molecule has 1 aliphatic rings. The van der Waals surface area contributed by atoms with Crippen LogP contribution in [0.3, 0.4) is 0 Å². The Bertz CT molecular complexity index is 235. The van der Waals surface area contributed by atoms with Gasteiger partial charge in [-0.15, -0.1) is 0 Å². The highest BCUT2D eigenvalue weighted by Crippen LogP contribution is 2.21. The van der Waals surface area contributed by atoms with Gasteiger partial charge in [0.1, 0.15) is 0 Å². The van der Waals surface area contributed by atoms with Gasteiger partial charge in [-0.2, -0.15) is 11.8 Å². The fourth-order valence-electron chi connectivity index (χ4n) is 2.03. The van der Waals surface area contributed by atoms with Gasteiger partial charge in [-0.3, -0.25) is 4.79 Å². The summed E-state index contributed by atoms with van der Waals surface area (Å²) in [6.45, 7) is 5.95. The number of carbonyl (C=O) groups excluding carboxylic acids is 1. The molecule has 1 amide bonds. The number of amides is 1. The third kappa shape index (κ3) is 3.67. The van der Waals surface area contributed by atoms with Crippen molar-refractivity contribution in [1.29, 1.82) is 0 Å². The zero-order valence-electron chi connectivity index (χ0n) is 10.7. The van der Waals surface area contributed by atoms with Gasteiger partial charge in [-0.05, 0) is 18.6 Å². The Labute approximate surface area is 103 Å². The van der Waals surface area contributed by atoms with E-state index in [0.29, 0.717) is 17.6 Å².